The van der Waals surface area contributed by atoms with E-state index in [1.54, 1.807) is 36.1 Å². The first-order valence-electron chi connectivity index (χ1n) is 12.5. The van der Waals surface area contributed by atoms with E-state index in [-0.39, 0.29) is 18.5 Å². The third-order valence-electron chi connectivity index (χ3n) is 6.18. The molecule has 7 nitrogen and oxygen atoms in total. The van der Waals surface area contributed by atoms with Crippen molar-refractivity contribution < 1.29 is 19.1 Å². The number of esters is 1. The lowest BCUT2D eigenvalue weighted by Gasteiger charge is -2.37. The van der Waals surface area contributed by atoms with E-state index >= 15 is 0 Å². The fourth-order valence-electron chi connectivity index (χ4n) is 4.50. The molecule has 1 unspecified atom stereocenters. The average Bonchev–Trinajstić information content (AvgIpc) is 2.90. The summed E-state index contributed by atoms with van der Waals surface area (Å²) in [5.41, 5.74) is 4.29. The van der Waals surface area contributed by atoms with Crippen LogP contribution in [0.5, 0.6) is 0 Å². The highest BCUT2D eigenvalue weighted by molar-refractivity contribution is 6.06. The Hall–Kier alpha value is -4.39. The molecule has 3 amide bonds. The van der Waals surface area contributed by atoms with Gasteiger partial charge in [0.2, 0.25) is 0 Å². The molecule has 1 aliphatic rings. The third-order valence-corrected chi connectivity index (χ3v) is 6.18. The monoisotopic (exact) mass is 497 g/mol. The Balaban J connectivity index is 1.80. The Morgan fingerprint density at radius 3 is 2.41 bits per heavy atom. The van der Waals surface area contributed by atoms with Crippen LogP contribution in [0.3, 0.4) is 0 Å². The number of carbonyl (C=O) groups is 3. The molecule has 7 heteroatoms. The number of ether oxygens (including phenoxy) is 1. The van der Waals surface area contributed by atoms with Crippen molar-refractivity contribution in [2.24, 2.45) is 0 Å². The standard InChI is InChI=1S/C30H31N3O4/c1-4-18-33-27(21-13-7-6-8-14-21)25(29(35)37-5-2)26(32-30(33)36)22-15-11-16-23(19-22)31-28(34)24-17-10-9-12-20(24)3/h6-17,19,26H,4-5,18H2,1-3H3,(H,31,34)(H,32,36). The van der Waals surface area contributed by atoms with Gasteiger partial charge in [0.05, 0.1) is 23.9 Å². The zero-order chi connectivity index (χ0) is 26.4. The zero-order valence-corrected chi connectivity index (χ0v) is 21.3. The van der Waals surface area contributed by atoms with Crippen molar-refractivity contribution in [2.75, 3.05) is 18.5 Å². The number of nitrogens with zero attached hydrogens (tertiary/aromatic N) is 1. The molecule has 4 rings (SSSR count). The Kier molecular flexibility index (Phi) is 8.03. The van der Waals surface area contributed by atoms with Crippen molar-refractivity contribution in [1.29, 1.82) is 0 Å². The van der Waals surface area contributed by atoms with Gasteiger partial charge in [-0.25, -0.2) is 9.59 Å². The average molecular weight is 498 g/mol. The van der Waals surface area contributed by atoms with Gasteiger partial charge in [0.25, 0.3) is 5.91 Å². The van der Waals surface area contributed by atoms with Crippen molar-refractivity contribution in [3.05, 3.63) is 107 Å². The topological polar surface area (TPSA) is 87.7 Å². The maximum absolute atomic E-state index is 13.4. The van der Waals surface area contributed by atoms with Crippen LogP contribution in [0.15, 0.2) is 84.4 Å². The highest BCUT2D eigenvalue weighted by atomic mass is 16.5. The molecule has 0 spiro atoms. The predicted molar refractivity (Wildman–Crippen MR) is 144 cm³/mol. The number of amides is 3. The fraction of sp³-hybridized carbons (Fsp3) is 0.233. The molecule has 0 aliphatic carbocycles. The number of benzene rings is 3. The zero-order valence-electron chi connectivity index (χ0n) is 21.3. The number of carbonyl (C=O) groups excluding carboxylic acids is 3. The van der Waals surface area contributed by atoms with Crippen LogP contribution in [-0.2, 0) is 9.53 Å². The van der Waals surface area contributed by atoms with Gasteiger partial charge in [0.1, 0.15) is 0 Å². The summed E-state index contributed by atoms with van der Waals surface area (Å²) < 4.78 is 5.47. The van der Waals surface area contributed by atoms with Crippen molar-refractivity contribution in [3.8, 4) is 0 Å². The number of aryl methyl sites for hydroxylation is 1. The summed E-state index contributed by atoms with van der Waals surface area (Å²) in [6.45, 7) is 6.26. The van der Waals surface area contributed by atoms with Crippen LogP contribution in [0.2, 0.25) is 0 Å². The molecular formula is C30H31N3O4. The van der Waals surface area contributed by atoms with E-state index in [9.17, 15) is 14.4 Å². The van der Waals surface area contributed by atoms with E-state index in [0.29, 0.717) is 41.1 Å². The van der Waals surface area contributed by atoms with Crippen molar-refractivity contribution in [1.82, 2.24) is 10.2 Å². The number of urea groups is 1. The van der Waals surface area contributed by atoms with Crippen molar-refractivity contribution >= 4 is 29.3 Å². The maximum atomic E-state index is 13.4. The van der Waals surface area contributed by atoms with Crippen LogP contribution < -0.4 is 10.6 Å². The number of anilines is 1. The molecule has 0 saturated carbocycles. The minimum atomic E-state index is -0.759. The van der Waals surface area contributed by atoms with Crippen LogP contribution in [0, 0.1) is 6.92 Å². The van der Waals surface area contributed by atoms with Crippen LogP contribution in [0.1, 0.15) is 53.4 Å². The van der Waals surface area contributed by atoms with E-state index < -0.39 is 12.0 Å². The smallest absolute Gasteiger partial charge is 0.338 e. The highest BCUT2D eigenvalue weighted by Crippen LogP contribution is 2.37. The summed E-state index contributed by atoms with van der Waals surface area (Å²) in [5.74, 6) is -0.731. The van der Waals surface area contributed by atoms with E-state index in [1.165, 1.54) is 0 Å². The van der Waals surface area contributed by atoms with Crippen molar-refractivity contribution in [3.63, 3.8) is 0 Å². The summed E-state index contributed by atoms with van der Waals surface area (Å²) in [6, 6.07) is 22.9. The van der Waals surface area contributed by atoms with Gasteiger partial charge in [0, 0.05) is 17.8 Å². The number of hydrogen-bond acceptors (Lipinski definition) is 4. The minimum absolute atomic E-state index is 0.200. The minimum Gasteiger partial charge on any atom is -0.463 e. The lowest BCUT2D eigenvalue weighted by atomic mass is 9.91. The van der Waals surface area contributed by atoms with Gasteiger partial charge >= 0.3 is 12.0 Å². The second-order valence-corrected chi connectivity index (χ2v) is 8.78. The van der Waals surface area contributed by atoms with Crippen LogP contribution in [0.25, 0.3) is 5.70 Å². The molecule has 0 aromatic heterocycles. The fourth-order valence-corrected chi connectivity index (χ4v) is 4.50. The SMILES string of the molecule is CCCN1C(=O)NC(c2cccc(NC(=O)c3ccccc3C)c2)C(C(=O)OCC)=C1c1ccccc1. The van der Waals surface area contributed by atoms with Gasteiger partial charge in [-0.3, -0.25) is 9.69 Å². The van der Waals surface area contributed by atoms with E-state index in [2.05, 4.69) is 10.6 Å². The second-order valence-electron chi connectivity index (χ2n) is 8.78. The summed E-state index contributed by atoms with van der Waals surface area (Å²) in [6.07, 6.45) is 0.713. The van der Waals surface area contributed by atoms with E-state index in [1.807, 2.05) is 68.4 Å². The second kappa shape index (κ2) is 11.6. The number of nitrogens with one attached hydrogen (secondary N) is 2. The maximum Gasteiger partial charge on any atom is 0.338 e. The van der Waals surface area contributed by atoms with Gasteiger partial charge < -0.3 is 15.4 Å². The Morgan fingerprint density at radius 1 is 0.973 bits per heavy atom. The predicted octanol–water partition coefficient (Wildman–Crippen LogP) is 5.70. The summed E-state index contributed by atoms with van der Waals surface area (Å²) >= 11 is 0. The Bertz CT molecular complexity index is 1330. The number of hydrogen-bond donors (Lipinski definition) is 2. The van der Waals surface area contributed by atoms with Gasteiger partial charge in [0.15, 0.2) is 0 Å². The third kappa shape index (κ3) is 5.56. The molecule has 0 radical (unpaired) electrons. The molecule has 0 fully saturated rings. The molecule has 190 valence electrons. The first kappa shape index (κ1) is 25.7. The first-order valence-corrected chi connectivity index (χ1v) is 12.5. The molecule has 3 aromatic carbocycles. The molecule has 3 aromatic rings. The van der Waals surface area contributed by atoms with Gasteiger partial charge in [-0.15, -0.1) is 0 Å². The molecule has 1 aliphatic heterocycles. The largest absolute Gasteiger partial charge is 0.463 e. The molecule has 1 atom stereocenters. The summed E-state index contributed by atoms with van der Waals surface area (Å²) in [4.78, 5) is 41.2. The van der Waals surface area contributed by atoms with Gasteiger partial charge in [-0.2, -0.15) is 0 Å². The van der Waals surface area contributed by atoms with Gasteiger partial charge in [-0.1, -0.05) is 67.6 Å². The van der Waals surface area contributed by atoms with Crippen molar-refractivity contribution in [2.45, 2.75) is 33.2 Å². The molecule has 2 N–H and O–H groups in total. The molecule has 1 heterocycles. The quantitative estimate of drug-likeness (QED) is 0.391. The summed E-state index contributed by atoms with van der Waals surface area (Å²) in [5, 5.41) is 5.93. The van der Waals surface area contributed by atoms with Crippen LogP contribution in [-0.4, -0.2) is 36.0 Å². The van der Waals surface area contributed by atoms with Crippen LogP contribution in [0.4, 0.5) is 10.5 Å². The van der Waals surface area contributed by atoms with Crippen LogP contribution >= 0.6 is 0 Å². The molecule has 0 bridgehead atoms. The van der Waals surface area contributed by atoms with E-state index in [4.69, 9.17) is 4.74 Å². The lowest BCUT2D eigenvalue weighted by Crippen LogP contribution is -2.48. The van der Waals surface area contributed by atoms with E-state index in [0.717, 1.165) is 11.1 Å². The molecule has 37 heavy (non-hydrogen) atoms. The molecule has 0 saturated heterocycles. The normalized spacial score (nSPS) is 15.3. The molecular weight excluding hydrogens is 466 g/mol. The highest BCUT2D eigenvalue weighted by Gasteiger charge is 2.38. The Labute approximate surface area is 217 Å². The number of rotatable bonds is 8. The van der Waals surface area contributed by atoms with Gasteiger partial charge in [-0.05, 0) is 55.2 Å². The Morgan fingerprint density at radius 2 is 1.70 bits per heavy atom. The summed E-state index contributed by atoms with van der Waals surface area (Å²) in [7, 11) is 0. The first-order chi connectivity index (χ1) is 17.9. The lowest BCUT2D eigenvalue weighted by molar-refractivity contribution is -0.138.